The van der Waals surface area contributed by atoms with Gasteiger partial charge in [0.15, 0.2) is 0 Å². The number of ketones is 1. The van der Waals surface area contributed by atoms with E-state index in [1.54, 1.807) is 36.7 Å². The van der Waals surface area contributed by atoms with Crippen molar-refractivity contribution in [3.05, 3.63) is 100 Å². The van der Waals surface area contributed by atoms with Crippen LogP contribution in [0.2, 0.25) is 0 Å². The number of pyridine rings is 1. The van der Waals surface area contributed by atoms with Crippen LogP contribution in [0.3, 0.4) is 0 Å². The Morgan fingerprint density at radius 2 is 1.83 bits per heavy atom. The minimum Gasteiger partial charge on any atom is -0.507 e. The molecule has 180 valence electrons. The molecule has 1 saturated heterocycles. The van der Waals surface area contributed by atoms with Crippen LogP contribution in [0.25, 0.3) is 5.76 Å². The molecule has 0 saturated carbocycles. The molecule has 6 heteroatoms. The van der Waals surface area contributed by atoms with Crippen molar-refractivity contribution in [3.8, 4) is 5.75 Å². The summed E-state index contributed by atoms with van der Waals surface area (Å²) in [6.07, 6.45) is 3.33. The summed E-state index contributed by atoms with van der Waals surface area (Å²) in [4.78, 5) is 32.1. The fourth-order valence-corrected chi connectivity index (χ4v) is 4.20. The molecule has 1 atom stereocenters. The lowest BCUT2D eigenvalue weighted by Gasteiger charge is -2.25. The first-order valence-corrected chi connectivity index (χ1v) is 11.7. The molecule has 1 fully saturated rings. The minimum absolute atomic E-state index is 0.0815. The molecule has 0 aliphatic carbocycles. The Morgan fingerprint density at radius 3 is 2.46 bits per heavy atom. The number of carbonyl (C=O) groups excluding carboxylic acids is 2. The molecule has 2 heterocycles. The van der Waals surface area contributed by atoms with Crippen LogP contribution in [-0.2, 0) is 16.1 Å². The van der Waals surface area contributed by atoms with Crippen molar-refractivity contribution in [1.82, 2.24) is 9.88 Å². The van der Waals surface area contributed by atoms with Gasteiger partial charge in [-0.3, -0.25) is 14.6 Å². The number of nitrogens with zero attached hydrogens (tertiary/aromatic N) is 2. The topological polar surface area (TPSA) is 79.7 Å². The molecule has 0 radical (unpaired) electrons. The van der Waals surface area contributed by atoms with Crippen molar-refractivity contribution in [2.75, 3.05) is 6.61 Å². The number of aliphatic hydroxyl groups is 1. The number of aryl methyl sites for hydroxylation is 2. The molecule has 1 unspecified atom stereocenters. The van der Waals surface area contributed by atoms with E-state index in [2.05, 4.69) is 18.8 Å². The molecule has 0 bridgehead atoms. The van der Waals surface area contributed by atoms with Gasteiger partial charge in [-0.2, -0.15) is 0 Å². The second-order valence-corrected chi connectivity index (χ2v) is 9.38. The Kier molecular flexibility index (Phi) is 7.01. The molecule has 1 N–H and O–H groups in total. The van der Waals surface area contributed by atoms with Crippen molar-refractivity contribution in [2.45, 2.75) is 40.3 Å². The maximum atomic E-state index is 13.3. The molecule has 2 aromatic carbocycles. The highest BCUT2D eigenvalue weighted by atomic mass is 16.5. The first kappa shape index (κ1) is 24.2. The Balaban J connectivity index is 1.78. The number of rotatable bonds is 7. The molecular weight excluding hydrogens is 440 g/mol. The van der Waals surface area contributed by atoms with Crippen LogP contribution < -0.4 is 4.74 Å². The van der Waals surface area contributed by atoms with Crippen LogP contribution in [0.15, 0.2) is 72.6 Å². The van der Waals surface area contributed by atoms with Gasteiger partial charge in [-0.15, -0.1) is 0 Å². The van der Waals surface area contributed by atoms with E-state index in [1.807, 2.05) is 44.2 Å². The molecule has 4 rings (SSSR count). The minimum atomic E-state index is -0.715. The number of hydrogen-bond acceptors (Lipinski definition) is 5. The van der Waals surface area contributed by atoms with E-state index < -0.39 is 17.7 Å². The Bertz CT molecular complexity index is 1260. The van der Waals surface area contributed by atoms with Crippen molar-refractivity contribution in [3.63, 3.8) is 0 Å². The highest BCUT2D eigenvalue weighted by Gasteiger charge is 2.46. The summed E-state index contributed by atoms with van der Waals surface area (Å²) in [7, 11) is 0. The summed E-state index contributed by atoms with van der Waals surface area (Å²) in [5, 5.41) is 11.3. The second kappa shape index (κ2) is 10.1. The summed E-state index contributed by atoms with van der Waals surface area (Å²) in [6, 6.07) is 15.9. The van der Waals surface area contributed by atoms with Crippen LogP contribution in [0.5, 0.6) is 5.75 Å². The van der Waals surface area contributed by atoms with Gasteiger partial charge in [-0.25, -0.2) is 0 Å². The van der Waals surface area contributed by atoms with Gasteiger partial charge in [0, 0.05) is 24.5 Å². The number of hydrogen-bond donors (Lipinski definition) is 1. The average molecular weight is 471 g/mol. The van der Waals surface area contributed by atoms with E-state index in [9.17, 15) is 14.7 Å². The molecule has 3 aromatic rings. The number of Topliss-reactive ketones (excluding diaryl/α,β-unsaturated/α-hetero) is 1. The zero-order valence-corrected chi connectivity index (χ0v) is 20.5. The van der Waals surface area contributed by atoms with Crippen LogP contribution in [0.1, 0.15) is 47.7 Å². The summed E-state index contributed by atoms with van der Waals surface area (Å²) in [5.74, 6) is -0.430. The summed E-state index contributed by atoms with van der Waals surface area (Å²) >= 11 is 0. The van der Waals surface area contributed by atoms with Crippen LogP contribution >= 0.6 is 0 Å². The highest BCUT2D eigenvalue weighted by Crippen LogP contribution is 2.40. The third kappa shape index (κ3) is 5.11. The van der Waals surface area contributed by atoms with Crippen molar-refractivity contribution >= 4 is 17.4 Å². The van der Waals surface area contributed by atoms with Crippen molar-refractivity contribution in [1.29, 1.82) is 0 Å². The third-order valence-electron chi connectivity index (χ3n) is 6.03. The lowest BCUT2D eigenvalue weighted by molar-refractivity contribution is -0.140. The number of aliphatic hydroxyl groups excluding tert-OH is 1. The fourth-order valence-electron chi connectivity index (χ4n) is 4.20. The molecule has 6 nitrogen and oxygen atoms in total. The number of aromatic nitrogens is 1. The Morgan fingerprint density at radius 1 is 1.09 bits per heavy atom. The number of ether oxygens (including phenoxy) is 1. The maximum Gasteiger partial charge on any atom is 0.295 e. The zero-order valence-electron chi connectivity index (χ0n) is 20.5. The lowest BCUT2D eigenvalue weighted by atomic mass is 9.94. The van der Waals surface area contributed by atoms with Crippen molar-refractivity contribution in [2.24, 2.45) is 5.92 Å². The number of likely N-dealkylation sites (tertiary alicyclic amines) is 1. The van der Waals surface area contributed by atoms with E-state index in [0.29, 0.717) is 18.1 Å². The van der Waals surface area contributed by atoms with Crippen molar-refractivity contribution < 1.29 is 19.4 Å². The van der Waals surface area contributed by atoms with E-state index in [1.165, 1.54) is 4.90 Å². The Labute approximate surface area is 205 Å². The SMILES string of the molecule is Cc1ccc(C2C(=C(O)c3ccc(OCC(C)C)c(C)c3)C(=O)C(=O)N2Cc2cccnc2)cc1. The lowest BCUT2D eigenvalue weighted by Crippen LogP contribution is -2.29. The Hall–Kier alpha value is -3.93. The van der Waals surface area contributed by atoms with E-state index in [4.69, 9.17) is 4.74 Å². The monoisotopic (exact) mass is 470 g/mol. The zero-order chi connectivity index (χ0) is 25.1. The number of amides is 1. The second-order valence-electron chi connectivity index (χ2n) is 9.38. The first-order valence-electron chi connectivity index (χ1n) is 11.7. The average Bonchev–Trinajstić information content (AvgIpc) is 3.09. The molecule has 35 heavy (non-hydrogen) atoms. The van der Waals surface area contributed by atoms with E-state index in [-0.39, 0.29) is 17.9 Å². The van der Waals surface area contributed by atoms with Crippen LogP contribution in [0.4, 0.5) is 0 Å². The molecular formula is C29H30N2O4. The molecule has 1 amide bonds. The summed E-state index contributed by atoms with van der Waals surface area (Å²) in [5.41, 5.74) is 4.01. The van der Waals surface area contributed by atoms with Gasteiger partial charge in [0.2, 0.25) is 0 Å². The number of benzene rings is 2. The van der Waals surface area contributed by atoms with Crippen LogP contribution in [0, 0.1) is 19.8 Å². The molecule has 1 aliphatic heterocycles. The van der Waals surface area contributed by atoms with Crippen LogP contribution in [-0.4, -0.2) is 33.3 Å². The predicted molar refractivity (Wildman–Crippen MR) is 135 cm³/mol. The van der Waals surface area contributed by atoms with Gasteiger partial charge in [-0.05, 0) is 60.7 Å². The van der Waals surface area contributed by atoms with E-state index in [0.717, 1.165) is 28.0 Å². The largest absolute Gasteiger partial charge is 0.507 e. The summed E-state index contributed by atoms with van der Waals surface area (Å²) < 4.78 is 5.85. The summed E-state index contributed by atoms with van der Waals surface area (Å²) in [6.45, 7) is 8.80. The van der Waals surface area contributed by atoms with Gasteiger partial charge in [0.05, 0.1) is 18.2 Å². The third-order valence-corrected chi connectivity index (χ3v) is 6.03. The van der Waals surface area contributed by atoms with Gasteiger partial charge >= 0.3 is 0 Å². The van der Waals surface area contributed by atoms with Gasteiger partial charge in [-0.1, -0.05) is 49.7 Å². The highest BCUT2D eigenvalue weighted by molar-refractivity contribution is 6.46. The quantitative estimate of drug-likeness (QED) is 0.286. The molecule has 1 aliphatic rings. The molecule has 0 spiro atoms. The molecule has 1 aromatic heterocycles. The maximum absolute atomic E-state index is 13.3. The smallest absolute Gasteiger partial charge is 0.295 e. The normalized spacial score (nSPS) is 17.3. The number of carbonyl (C=O) groups is 2. The fraction of sp³-hybridized carbons (Fsp3) is 0.276. The standard InChI is InChI=1S/C29H30N2O4/c1-18(2)17-35-24-12-11-23(14-20(24)4)27(32)25-26(22-9-7-19(3)8-10-22)31(29(34)28(25)33)16-21-6-5-13-30-15-21/h5-15,18,26,32H,16-17H2,1-4H3. The first-order chi connectivity index (χ1) is 16.8. The van der Waals surface area contributed by atoms with Gasteiger partial charge < -0.3 is 14.7 Å². The van der Waals surface area contributed by atoms with E-state index >= 15 is 0 Å². The predicted octanol–water partition coefficient (Wildman–Crippen LogP) is 5.36. The van der Waals surface area contributed by atoms with Gasteiger partial charge in [0.1, 0.15) is 11.5 Å². The van der Waals surface area contributed by atoms with Gasteiger partial charge in [0.25, 0.3) is 11.7 Å².